The summed E-state index contributed by atoms with van der Waals surface area (Å²) >= 11 is 0. The molecule has 0 aromatic heterocycles. The molecule has 0 bridgehead atoms. The van der Waals surface area contributed by atoms with Crippen LogP contribution in [0.1, 0.15) is 105 Å². The molecule has 0 radical (unpaired) electrons. The highest BCUT2D eigenvalue weighted by Crippen LogP contribution is 2.47. The van der Waals surface area contributed by atoms with Crippen LogP contribution in [0, 0.1) is 80.9 Å². The fraction of sp³-hybridized carbons (Fsp3) is 0.429. The van der Waals surface area contributed by atoms with E-state index in [0.717, 1.165) is 22.3 Å². The molecule has 0 aliphatic heterocycles. The largest absolute Gasteiger partial charge is 0.0967 e. The van der Waals surface area contributed by atoms with E-state index < -0.39 is 0 Å². The molecule has 0 amide bonds. The van der Waals surface area contributed by atoms with E-state index in [1.54, 1.807) is 0 Å². The van der Waals surface area contributed by atoms with Crippen LogP contribution in [0.3, 0.4) is 0 Å². The summed E-state index contributed by atoms with van der Waals surface area (Å²) in [6.45, 7) is 25.8. The fourth-order valence-electron chi connectivity index (χ4n) is 4.20. The van der Waals surface area contributed by atoms with Gasteiger partial charge in [-0.2, -0.15) is 0 Å². The van der Waals surface area contributed by atoms with Crippen LogP contribution in [0.2, 0.25) is 0 Å². The molecule has 1 aliphatic carbocycles. The van der Waals surface area contributed by atoms with Gasteiger partial charge in [0.2, 0.25) is 0 Å². The van der Waals surface area contributed by atoms with Gasteiger partial charge in [0, 0.05) is 32.8 Å². The van der Waals surface area contributed by atoms with Crippen LogP contribution in [-0.2, 0) is 0 Å². The second-order valence-corrected chi connectivity index (χ2v) is 15.4. The Morgan fingerprint density at radius 3 is 1.07 bits per heavy atom. The van der Waals surface area contributed by atoms with Crippen molar-refractivity contribution in [2.24, 2.45) is 33.5 Å². The van der Waals surface area contributed by atoms with Crippen LogP contribution in [0.15, 0.2) is 59.7 Å². The molecular formula is C42H48. The topological polar surface area (TPSA) is 0 Å². The zero-order valence-electron chi connectivity index (χ0n) is 27.9. The van der Waals surface area contributed by atoms with Crippen LogP contribution < -0.4 is 0 Å². The maximum absolute atomic E-state index is 3.64. The van der Waals surface area contributed by atoms with Gasteiger partial charge in [0.1, 0.15) is 0 Å². The molecule has 2 atom stereocenters. The maximum Gasteiger partial charge on any atom is 0.0634 e. The third-order valence-corrected chi connectivity index (χ3v) is 6.23. The number of hydrogen-bond donors (Lipinski definition) is 0. The first kappa shape index (κ1) is 32.7. The van der Waals surface area contributed by atoms with E-state index in [1.807, 2.05) is 0 Å². The first-order valence-electron chi connectivity index (χ1n) is 15.0. The van der Waals surface area contributed by atoms with Gasteiger partial charge < -0.3 is 0 Å². The summed E-state index contributed by atoms with van der Waals surface area (Å²) in [7, 11) is 0. The van der Waals surface area contributed by atoms with Gasteiger partial charge in [-0.15, -0.1) is 0 Å². The second-order valence-electron chi connectivity index (χ2n) is 15.4. The SMILES string of the molecule is CC(C)(C)C#Cc1ccccc1/C=C1\C(=C\c2ccccc2C#CC(C)(C)C)C(C#CC(C)(C)C)C1C#CC(C)(C)C. The van der Waals surface area contributed by atoms with Crippen LogP contribution in [0.4, 0.5) is 0 Å². The van der Waals surface area contributed by atoms with Crippen molar-refractivity contribution in [3.05, 3.63) is 81.9 Å². The second kappa shape index (κ2) is 12.6. The Kier molecular flexibility index (Phi) is 9.78. The molecule has 1 aliphatic rings. The quantitative estimate of drug-likeness (QED) is 0.325. The molecule has 2 aromatic rings. The maximum atomic E-state index is 3.64. The molecule has 0 N–H and O–H groups in total. The van der Waals surface area contributed by atoms with Crippen molar-refractivity contribution in [2.75, 3.05) is 0 Å². The summed E-state index contributed by atoms with van der Waals surface area (Å²) in [4.78, 5) is 0. The van der Waals surface area contributed by atoms with E-state index in [4.69, 9.17) is 0 Å². The Bertz CT molecular complexity index is 1490. The lowest BCUT2D eigenvalue weighted by atomic mass is 9.63. The van der Waals surface area contributed by atoms with Crippen LogP contribution in [0.5, 0.6) is 0 Å². The lowest BCUT2D eigenvalue weighted by Crippen LogP contribution is -2.31. The number of benzene rings is 2. The molecule has 3 rings (SSSR count). The van der Waals surface area contributed by atoms with E-state index in [1.165, 1.54) is 11.1 Å². The molecular weight excluding hydrogens is 504 g/mol. The molecule has 2 unspecified atom stereocenters. The number of hydrogen-bond acceptors (Lipinski definition) is 0. The van der Waals surface area contributed by atoms with Crippen LogP contribution >= 0.6 is 0 Å². The molecule has 0 nitrogen and oxygen atoms in total. The first-order valence-corrected chi connectivity index (χ1v) is 15.0. The standard InChI is InChI=1S/C42H48/c1-39(2,3)25-21-31-17-13-15-19-33(31)29-37-35(23-27-41(7,8)9)36(24-28-42(10,11)12)38(37)30-34-20-16-14-18-32(34)22-26-40(4,5)6/h13-20,29-30,35-36H,1-12H3/b37-29-,38-30+. The zero-order chi connectivity index (χ0) is 31.3. The van der Waals surface area contributed by atoms with Crippen molar-refractivity contribution in [2.45, 2.75) is 83.1 Å². The third kappa shape index (κ3) is 10.2. The van der Waals surface area contributed by atoms with E-state index in [-0.39, 0.29) is 33.5 Å². The summed E-state index contributed by atoms with van der Waals surface area (Å²) in [6, 6.07) is 16.8. The van der Waals surface area contributed by atoms with E-state index in [0.29, 0.717) is 0 Å². The Morgan fingerprint density at radius 1 is 0.452 bits per heavy atom. The highest BCUT2D eigenvalue weighted by molar-refractivity contribution is 5.78. The average molecular weight is 553 g/mol. The van der Waals surface area contributed by atoms with Crippen molar-refractivity contribution >= 4 is 12.2 Å². The van der Waals surface area contributed by atoms with Gasteiger partial charge in [-0.3, -0.25) is 0 Å². The summed E-state index contributed by atoms with van der Waals surface area (Å²) in [6.07, 6.45) is 4.58. The predicted octanol–water partition coefficient (Wildman–Crippen LogP) is 10.3. The minimum absolute atomic E-state index is 0.0155. The van der Waals surface area contributed by atoms with Gasteiger partial charge in [0.05, 0.1) is 11.8 Å². The highest BCUT2D eigenvalue weighted by atomic mass is 14.4. The summed E-state index contributed by atoms with van der Waals surface area (Å²) in [5.41, 5.74) is 6.36. The molecule has 0 spiro atoms. The van der Waals surface area contributed by atoms with Gasteiger partial charge in [-0.1, -0.05) is 83.8 Å². The summed E-state index contributed by atoms with van der Waals surface area (Å²) in [5, 5.41) is 0. The van der Waals surface area contributed by atoms with Gasteiger partial charge in [-0.05, 0) is 130 Å². The van der Waals surface area contributed by atoms with Crippen molar-refractivity contribution in [1.82, 2.24) is 0 Å². The van der Waals surface area contributed by atoms with Crippen molar-refractivity contribution in [1.29, 1.82) is 0 Å². The lowest BCUT2D eigenvalue weighted by molar-refractivity contribution is 0.537. The van der Waals surface area contributed by atoms with Gasteiger partial charge in [0.25, 0.3) is 0 Å². The Morgan fingerprint density at radius 2 is 0.762 bits per heavy atom. The Hall–Kier alpha value is -3.84. The molecule has 1 saturated carbocycles. The van der Waals surface area contributed by atoms with Crippen LogP contribution in [0.25, 0.3) is 12.2 Å². The van der Waals surface area contributed by atoms with Crippen molar-refractivity contribution in [3.8, 4) is 47.4 Å². The van der Waals surface area contributed by atoms with Gasteiger partial charge in [-0.25, -0.2) is 0 Å². The fourth-order valence-corrected chi connectivity index (χ4v) is 4.20. The molecule has 0 heteroatoms. The smallest absolute Gasteiger partial charge is 0.0634 e. The summed E-state index contributed by atoms with van der Waals surface area (Å²) < 4.78 is 0. The molecule has 2 aromatic carbocycles. The summed E-state index contributed by atoms with van der Waals surface area (Å²) in [5.74, 6) is 28.1. The average Bonchev–Trinajstić information content (AvgIpc) is 2.84. The van der Waals surface area contributed by atoms with Crippen molar-refractivity contribution < 1.29 is 0 Å². The zero-order valence-corrected chi connectivity index (χ0v) is 27.9. The normalized spacial score (nSPS) is 18.8. The molecule has 1 fully saturated rings. The molecule has 42 heavy (non-hydrogen) atoms. The Balaban J connectivity index is 2.30. The number of allylic oxidation sites excluding steroid dienone is 2. The van der Waals surface area contributed by atoms with Gasteiger partial charge >= 0.3 is 0 Å². The lowest BCUT2D eigenvalue weighted by Gasteiger charge is -2.37. The minimum Gasteiger partial charge on any atom is -0.0967 e. The third-order valence-electron chi connectivity index (χ3n) is 6.23. The van der Waals surface area contributed by atoms with Gasteiger partial charge in [0.15, 0.2) is 0 Å². The number of rotatable bonds is 2. The Labute approximate surface area is 257 Å². The van der Waals surface area contributed by atoms with Crippen LogP contribution in [-0.4, -0.2) is 0 Å². The molecule has 216 valence electrons. The van der Waals surface area contributed by atoms with E-state index >= 15 is 0 Å². The van der Waals surface area contributed by atoms with Crippen molar-refractivity contribution in [3.63, 3.8) is 0 Å². The monoisotopic (exact) mass is 552 g/mol. The van der Waals surface area contributed by atoms with E-state index in [9.17, 15) is 0 Å². The van der Waals surface area contributed by atoms with E-state index in [2.05, 4.69) is 191 Å². The highest BCUT2D eigenvalue weighted by Gasteiger charge is 2.39. The molecule has 0 saturated heterocycles. The predicted molar refractivity (Wildman–Crippen MR) is 183 cm³/mol. The first-order chi connectivity index (χ1) is 19.3. The minimum atomic E-state index is -0.0994. The molecule has 0 heterocycles.